The highest BCUT2D eigenvalue weighted by atomic mass is 32.2. The number of nitrogens with zero attached hydrogens (tertiary/aromatic N) is 3. The van der Waals surface area contributed by atoms with Gasteiger partial charge in [-0.05, 0) is 46.6 Å². The van der Waals surface area contributed by atoms with Crippen LogP contribution >= 0.6 is 11.3 Å². The summed E-state index contributed by atoms with van der Waals surface area (Å²) in [6.45, 7) is 8.79. The molecular formula is C20H30N4O3S2. The van der Waals surface area contributed by atoms with Crippen LogP contribution in [0.25, 0.3) is 10.7 Å². The zero-order chi connectivity index (χ0) is 21.3. The van der Waals surface area contributed by atoms with Crippen molar-refractivity contribution in [1.29, 1.82) is 0 Å². The van der Waals surface area contributed by atoms with Crippen molar-refractivity contribution in [3.05, 3.63) is 22.3 Å². The van der Waals surface area contributed by atoms with E-state index in [-0.39, 0.29) is 16.8 Å². The lowest BCUT2D eigenvalue weighted by molar-refractivity contribution is 0.0765. The number of amides is 1. The zero-order valence-corrected chi connectivity index (χ0v) is 19.4. The summed E-state index contributed by atoms with van der Waals surface area (Å²) in [6.07, 6.45) is 4.41. The maximum Gasteiger partial charge on any atom is 0.265 e. The van der Waals surface area contributed by atoms with Crippen LogP contribution in [0.1, 0.15) is 60.6 Å². The van der Waals surface area contributed by atoms with Crippen molar-refractivity contribution in [3.63, 3.8) is 0 Å². The molecule has 29 heavy (non-hydrogen) atoms. The minimum Gasteiger partial charge on any atom is -0.345 e. The maximum atomic E-state index is 13.0. The first-order chi connectivity index (χ1) is 13.6. The number of carbonyl (C=O) groups excluding carboxylic acids is 1. The molecule has 1 saturated heterocycles. The van der Waals surface area contributed by atoms with Crippen LogP contribution in [0.15, 0.2) is 11.0 Å². The van der Waals surface area contributed by atoms with Crippen LogP contribution in [-0.4, -0.2) is 47.9 Å². The summed E-state index contributed by atoms with van der Waals surface area (Å²) in [5, 5.41) is 0.664. The van der Waals surface area contributed by atoms with Crippen LogP contribution in [-0.2, 0) is 17.1 Å². The predicted octanol–water partition coefficient (Wildman–Crippen LogP) is 3.47. The molecule has 2 aromatic rings. The number of likely N-dealkylation sites (tertiary alicyclic amines) is 1. The van der Waals surface area contributed by atoms with E-state index in [9.17, 15) is 13.2 Å². The third-order valence-corrected chi connectivity index (χ3v) is 8.21. The number of hydrogen-bond donors (Lipinski definition) is 1. The number of carbonyl (C=O) groups is 1. The summed E-state index contributed by atoms with van der Waals surface area (Å²) in [5.41, 5.74) is 2.04. The van der Waals surface area contributed by atoms with Crippen molar-refractivity contribution < 1.29 is 13.2 Å². The lowest BCUT2D eigenvalue weighted by Crippen LogP contribution is -2.31. The Morgan fingerprint density at radius 1 is 1.17 bits per heavy atom. The van der Waals surface area contributed by atoms with E-state index in [1.54, 1.807) is 26.8 Å². The van der Waals surface area contributed by atoms with Crippen molar-refractivity contribution >= 4 is 27.3 Å². The van der Waals surface area contributed by atoms with Crippen molar-refractivity contribution in [1.82, 2.24) is 19.2 Å². The molecule has 0 radical (unpaired) electrons. The van der Waals surface area contributed by atoms with Gasteiger partial charge in [-0.2, -0.15) is 0 Å². The van der Waals surface area contributed by atoms with E-state index in [1.165, 1.54) is 24.2 Å². The lowest BCUT2D eigenvalue weighted by atomic mass is 10.2. The number of hydrogen-bond acceptors (Lipinski definition) is 5. The Bertz CT molecular complexity index is 997. The van der Waals surface area contributed by atoms with Gasteiger partial charge in [-0.1, -0.05) is 12.8 Å². The number of thiazole rings is 1. The van der Waals surface area contributed by atoms with Gasteiger partial charge in [-0.3, -0.25) is 4.79 Å². The second kappa shape index (κ2) is 8.57. The lowest BCUT2D eigenvalue weighted by Gasteiger charge is -2.19. The van der Waals surface area contributed by atoms with E-state index in [0.29, 0.717) is 27.0 Å². The molecule has 9 heteroatoms. The smallest absolute Gasteiger partial charge is 0.265 e. The first-order valence-electron chi connectivity index (χ1n) is 10.1. The maximum absolute atomic E-state index is 13.0. The first-order valence-corrected chi connectivity index (χ1v) is 12.4. The summed E-state index contributed by atoms with van der Waals surface area (Å²) in [5.74, 6) is 0.0356. The number of aryl methyl sites for hydroxylation is 1. The Morgan fingerprint density at radius 2 is 1.79 bits per heavy atom. The van der Waals surface area contributed by atoms with E-state index in [4.69, 9.17) is 0 Å². The highest BCUT2D eigenvalue weighted by molar-refractivity contribution is 7.89. The Balaban J connectivity index is 1.95. The van der Waals surface area contributed by atoms with E-state index in [0.717, 1.165) is 25.9 Å². The van der Waals surface area contributed by atoms with Crippen LogP contribution in [0.2, 0.25) is 0 Å². The predicted molar refractivity (Wildman–Crippen MR) is 116 cm³/mol. The Kier molecular flexibility index (Phi) is 6.50. The summed E-state index contributed by atoms with van der Waals surface area (Å²) in [4.78, 5) is 20.5. The fraction of sp³-hybridized carbons (Fsp3) is 0.600. The normalized spacial score (nSPS) is 15.7. The molecule has 160 valence electrons. The molecule has 3 heterocycles. The summed E-state index contributed by atoms with van der Waals surface area (Å²) in [6, 6.07) is 1.46. The average molecular weight is 439 g/mol. The third-order valence-electron chi connectivity index (χ3n) is 5.27. The third kappa shape index (κ3) is 4.57. The molecule has 1 aliphatic rings. The van der Waals surface area contributed by atoms with Crippen LogP contribution in [0.5, 0.6) is 0 Å². The van der Waals surface area contributed by atoms with Gasteiger partial charge in [0.2, 0.25) is 10.0 Å². The Hall–Kier alpha value is -1.71. The molecule has 1 N–H and O–H groups in total. The number of sulfonamides is 1. The largest absolute Gasteiger partial charge is 0.345 e. The molecule has 0 saturated carbocycles. The van der Waals surface area contributed by atoms with Gasteiger partial charge in [-0.25, -0.2) is 18.1 Å². The van der Waals surface area contributed by atoms with Gasteiger partial charge in [0.1, 0.15) is 14.8 Å². The highest BCUT2D eigenvalue weighted by Gasteiger charge is 2.27. The molecule has 0 atom stereocenters. The molecule has 1 fully saturated rings. The molecule has 3 rings (SSSR count). The van der Waals surface area contributed by atoms with Crippen molar-refractivity contribution in [2.24, 2.45) is 7.05 Å². The molecule has 0 bridgehead atoms. The van der Waals surface area contributed by atoms with Gasteiger partial charge in [0, 0.05) is 31.9 Å². The molecule has 1 aliphatic heterocycles. The second-order valence-electron chi connectivity index (χ2n) is 7.95. The number of nitrogens with one attached hydrogen (secondary N) is 1. The van der Waals surface area contributed by atoms with Crippen LogP contribution in [0.3, 0.4) is 0 Å². The van der Waals surface area contributed by atoms with Crippen molar-refractivity contribution in [2.75, 3.05) is 13.1 Å². The minimum atomic E-state index is -3.61. The SMILES string of the molecule is Cc1nc(-c2cc(S(=O)(=O)NC(C)C)c(C)n2C)sc1C(=O)N1CCCCCC1. The van der Waals surface area contributed by atoms with Crippen molar-refractivity contribution in [3.8, 4) is 10.7 Å². The van der Waals surface area contributed by atoms with Crippen LogP contribution in [0.4, 0.5) is 0 Å². The molecule has 1 amide bonds. The highest BCUT2D eigenvalue weighted by Crippen LogP contribution is 2.33. The molecule has 0 spiro atoms. The Labute approximate surface area is 177 Å². The van der Waals surface area contributed by atoms with Gasteiger partial charge in [0.15, 0.2) is 0 Å². The fourth-order valence-electron chi connectivity index (χ4n) is 3.64. The van der Waals surface area contributed by atoms with Gasteiger partial charge < -0.3 is 9.47 Å². The van der Waals surface area contributed by atoms with E-state index >= 15 is 0 Å². The summed E-state index contributed by atoms with van der Waals surface area (Å²) >= 11 is 1.34. The molecule has 0 unspecified atom stereocenters. The number of aromatic nitrogens is 2. The summed E-state index contributed by atoms with van der Waals surface area (Å²) < 4.78 is 29.8. The number of rotatable bonds is 5. The Morgan fingerprint density at radius 3 is 2.38 bits per heavy atom. The van der Waals surface area contributed by atoms with Gasteiger partial charge in [0.25, 0.3) is 5.91 Å². The van der Waals surface area contributed by atoms with E-state index < -0.39 is 10.0 Å². The van der Waals surface area contributed by atoms with Gasteiger partial charge in [-0.15, -0.1) is 11.3 Å². The van der Waals surface area contributed by atoms with Crippen LogP contribution < -0.4 is 4.72 Å². The van der Waals surface area contributed by atoms with Crippen LogP contribution in [0, 0.1) is 13.8 Å². The second-order valence-corrected chi connectivity index (χ2v) is 10.6. The molecule has 7 nitrogen and oxygen atoms in total. The molecule has 2 aromatic heterocycles. The van der Waals surface area contributed by atoms with Gasteiger partial charge in [0.05, 0.1) is 11.4 Å². The van der Waals surface area contributed by atoms with E-state index in [1.807, 2.05) is 23.4 Å². The quantitative estimate of drug-likeness (QED) is 0.775. The molecular weight excluding hydrogens is 408 g/mol. The zero-order valence-electron chi connectivity index (χ0n) is 17.8. The fourth-order valence-corrected chi connectivity index (χ4v) is 6.27. The van der Waals surface area contributed by atoms with Crippen molar-refractivity contribution in [2.45, 2.75) is 64.3 Å². The standard InChI is InChI=1S/C20H30N4O3S2/c1-13(2)22-29(26,27)17-12-16(23(5)15(17)4)19-21-14(3)18(28-19)20(25)24-10-8-6-7-9-11-24/h12-13,22H,6-11H2,1-5H3. The van der Waals surface area contributed by atoms with E-state index in [2.05, 4.69) is 9.71 Å². The monoisotopic (exact) mass is 438 g/mol. The average Bonchev–Trinajstić information content (AvgIpc) is 3.01. The first kappa shape index (κ1) is 22.0. The molecule has 0 aromatic carbocycles. The summed E-state index contributed by atoms with van der Waals surface area (Å²) in [7, 11) is -1.78. The minimum absolute atomic E-state index is 0.0356. The van der Waals surface area contributed by atoms with Gasteiger partial charge >= 0.3 is 0 Å². The topological polar surface area (TPSA) is 84.3 Å². The molecule has 0 aliphatic carbocycles.